The lowest BCUT2D eigenvalue weighted by molar-refractivity contribution is 0.100. The summed E-state index contributed by atoms with van der Waals surface area (Å²) >= 11 is 6.26. The predicted molar refractivity (Wildman–Crippen MR) is 131 cm³/mol. The van der Waals surface area contributed by atoms with E-state index in [-0.39, 0.29) is 28.6 Å². The molecule has 0 unspecified atom stereocenters. The van der Waals surface area contributed by atoms with Crippen molar-refractivity contribution < 1.29 is 14.0 Å². The largest absolute Gasteiger partial charge is 0.338 e. The fraction of sp³-hybridized carbons (Fsp3) is 0.280. The van der Waals surface area contributed by atoms with Crippen molar-refractivity contribution in [3.8, 4) is 11.8 Å². The Balaban J connectivity index is 1.45. The minimum Gasteiger partial charge on any atom is -0.338 e. The van der Waals surface area contributed by atoms with Crippen molar-refractivity contribution >= 4 is 29.4 Å². The standard InChI is InChI=1S/C25H24ClFN6O2/c1-2-28-25(35)32-12-10-19(11-13-32)33-22(20(26)16-30-33)24(34)31-23-21(27)14-18(15-29-23)9-8-17-6-4-3-5-7-17/h3-7,14-16,19H,2,10-13H2,1H3,(H,28,35)(H,29,31,34). The van der Waals surface area contributed by atoms with Gasteiger partial charge in [-0.05, 0) is 38.0 Å². The van der Waals surface area contributed by atoms with Gasteiger partial charge in [-0.15, -0.1) is 0 Å². The van der Waals surface area contributed by atoms with Gasteiger partial charge in [-0.25, -0.2) is 14.2 Å². The molecule has 2 aromatic heterocycles. The molecule has 10 heteroatoms. The van der Waals surface area contributed by atoms with Crippen LogP contribution >= 0.6 is 11.6 Å². The SMILES string of the molecule is CCNC(=O)N1CCC(n2ncc(Cl)c2C(=O)Nc2ncc(C#Cc3ccccc3)cc2F)CC1. The summed E-state index contributed by atoms with van der Waals surface area (Å²) in [6.45, 7) is 3.47. The van der Waals surface area contributed by atoms with Crippen LogP contribution in [0, 0.1) is 17.7 Å². The maximum Gasteiger partial charge on any atom is 0.317 e. The fourth-order valence-electron chi connectivity index (χ4n) is 3.84. The minimum absolute atomic E-state index is 0.110. The van der Waals surface area contributed by atoms with E-state index in [9.17, 15) is 14.0 Å². The molecule has 2 N–H and O–H groups in total. The number of urea groups is 1. The van der Waals surface area contributed by atoms with Gasteiger partial charge in [0.15, 0.2) is 11.6 Å². The summed E-state index contributed by atoms with van der Waals surface area (Å²) in [7, 11) is 0. The quantitative estimate of drug-likeness (QED) is 0.534. The second kappa shape index (κ2) is 11.0. The maximum atomic E-state index is 14.7. The average molecular weight is 495 g/mol. The van der Waals surface area contributed by atoms with Gasteiger partial charge in [0.1, 0.15) is 5.69 Å². The predicted octanol–water partition coefficient (Wildman–Crippen LogP) is 4.09. The van der Waals surface area contributed by atoms with E-state index in [1.54, 1.807) is 9.58 Å². The first-order valence-electron chi connectivity index (χ1n) is 11.3. The smallest absolute Gasteiger partial charge is 0.317 e. The maximum absolute atomic E-state index is 14.7. The summed E-state index contributed by atoms with van der Waals surface area (Å²) in [6, 6.07) is 10.3. The first-order valence-corrected chi connectivity index (χ1v) is 11.6. The lowest BCUT2D eigenvalue weighted by Gasteiger charge is -2.32. The molecule has 1 aliphatic heterocycles. The summed E-state index contributed by atoms with van der Waals surface area (Å²) in [5.41, 5.74) is 1.30. The van der Waals surface area contributed by atoms with Gasteiger partial charge in [-0.3, -0.25) is 9.48 Å². The molecule has 1 aromatic carbocycles. The van der Waals surface area contributed by atoms with Crippen LogP contribution in [0.1, 0.15) is 47.4 Å². The van der Waals surface area contributed by atoms with Gasteiger partial charge in [-0.1, -0.05) is 41.6 Å². The Morgan fingerprint density at radius 2 is 1.86 bits per heavy atom. The van der Waals surface area contributed by atoms with Gasteiger partial charge in [0.25, 0.3) is 5.91 Å². The number of nitrogens with zero attached hydrogens (tertiary/aromatic N) is 4. The van der Waals surface area contributed by atoms with E-state index >= 15 is 0 Å². The number of anilines is 1. The number of hydrogen-bond donors (Lipinski definition) is 2. The molecular formula is C25H24ClFN6O2. The number of carbonyl (C=O) groups is 2. The van der Waals surface area contributed by atoms with Crippen LogP contribution in [-0.4, -0.2) is 51.2 Å². The lowest BCUT2D eigenvalue weighted by Crippen LogP contribution is -2.45. The number of rotatable bonds is 4. The van der Waals surface area contributed by atoms with Gasteiger partial charge in [0.2, 0.25) is 0 Å². The van der Waals surface area contributed by atoms with E-state index in [0.29, 0.717) is 38.0 Å². The van der Waals surface area contributed by atoms with Crippen molar-refractivity contribution in [1.82, 2.24) is 25.0 Å². The van der Waals surface area contributed by atoms with Crippen LogP contribution in [0.5, 0.6) is 0 Å². The van der Waals surface area contributed by atoms with Gasteiger partial charge in [-0.2, -0.15) is 5.10 Å². The van der Waals surface area contributed by atoms with E-state index in [0.717, 1.165) is 5.56 Å². The Labute approximate surface area is 207 Å². The molecule has 3 aromatic rings. The van der Waals surface area contributed by atoms with Crippen LogP contribution in [0.4, 0.5) is 15.0 Å². The molecule has 0 radical (unpaired) electrons. The van der Waals surface area contributed by atoms with Crippen molar-refractivity contribution in [2.75, 3.05) is 25.0 Å². The van der Waals surface area contributed by atoms with Crippen LogP contribution in [0.15, 0.2) is 48.8 Å². The highest BCUT2D eigenvalue weighted by Crippen LogP contribution is 2.27. The summed E-state index contributed by atoms with van der Waals surface area (Å²) in [6.07, 6.45) is 4.00. The second-order valence-corrected chi connectivity index (χ2v) is 8.37. The topological polar surface area (TPSA) is 92.2 Å². The fourth-order valence-corrected chi connectivity index (χ4v) is 4.05. The van der Waals surface area contributed by atoms with Gasteiger partial charge >= 0.3 is 6.03 Å². The number of nitrogens with one attached hydrogen (secondary N) is 2. The molecule has 4 rings (SSSR count). The van der Waals surface area contributed by atoms with Crippen LogP contribution < -0.4 is 10.6 Å². The number of aromatic nitrogens is 3. The Hall–Kier alpha value is -3.90. The molecule has 1 fully saturated rings. The highest BCUT2D eigenvalue weighted by Gasteiger charge is 2.28. The summed E-state index contributed by atoms with van der Waals surface area (Å²) in [5.74, 6) is 4.24. The highest BCUT2D eigenvalue weighted by atomic mass is 35.5. The number of likely N-dealkylation sites (tertiary alicyclic amines) is 1. The molecule has 0 atom stereocenters. The molecule has 0 bridgehead atoms. The van der Waals surface area contributed by atoms with Crippen molar-refractivity contribution in [3.63, 3.8) is 0 Å². The Morgan fingerprint density at radius 3 is 2.54 bits per heavy atom. The van der Waals surface area contributed by atoms with Gasteiger partial charge in [0, 0.05) is 37.0 Å². The number of amides is 3. The number of benzene rings is 1. The zero-order valence-electron chi connectivity index (χ0n) is 19.1. The zero-order chi connectivity index (χ0) is 24.8. The van der Waals surface area contributed by atoms with E-state index in [1.165, 1.54) is 18.5 Å². The van der Waals surface area contributed by atoms with E-state index in [1.807, 2.05) is 37.3 Å². The second-order valence-electron chi connectivity index (χ2n) is 7.96. The summed E-state index contributed by atoms with van der Waals surface area (Å²) in [5, 5.41) is 9.69. The number of carbonyl (C=O) groups excluding carboxylic acids is 2. The third-order valence-corrected chi connectivity index (χ3v) is 5.87. The molecule has 0 saturated carbocycles. The van der Waals surface area contributed by atoms with Crippen LogP contribution in [0.25, 0.3) is 0 Å². The molecule has 1 aliphatic rings. The van der Waals surface area contributed by atoms with E-state index in [4.69, 9.17) is 11.6 Å². The average Bonchev–Trinajstić information content (AvgIpc) is 3.26. The molecule has 3 heterocycles. The lowest BCUT2D eigenvalue weighted by atomic mass is 10.1. The molecule has 8 nitrogen and oxygen atoms in total. The molecule has 0 aliphatic carbocycles. The summed E-state index contributed by atoms with van der Waals surface area (Å²) in [4.78, 5) is 30.8. The first-order chi connectivity index (χ1) is 17.0. The third-order valence-electron chi connectivity index (χ3n) is 5.59. The van der Waals surface area contributed by atoms with Crippen molar-refractivity contribution in [2.45, 2.75) is 25.8 Å². The monoisotopic (exact) mass is 494 g/mol. The molecule has 0 spiro atoms. The van der Waals surface area contributed by atoms with Crippen LogP contribution in [0.3, 0.4) is 0 Å². The van der Waals surface area contributed by atoms with Crippen LogP contribution in [0.2, 0.25) is 5.02 Å². The van der Waals surface area contributed by atoms with Crippen LogP contribution in [-0.2, 0) is 0 Å². The Morgan fingerprint density at radius 1 is 1.14 bits per heavy atom. The van der Waals surface area contributed by atoms with Crippen molar-refractivity contribution in [2.24, 2.45) is 0 Å². The molecule has 1 saturated heterocycles. The van der Waals surface area contributed by atoms with Crippen molar-refractivity contribution in [1.29, 1.82) is 0 Å². The number of hydrogen-bond acceptors (Lipinski definition) is 4. The minimum atomic E-state index is -0.712. The van der Waals surface area contributed by atoms with Gasteiger partial charge in [0.05, 0.1) is 17.3 Å². The number of pyridine rings is 1. The molecule has 35 heavy (non-hydrogen) atoms. The third kappa shape index (κ3) is 5.78. The Kier molecular flexibility index (Phi) is 7.63. The zero-order valence-corrected chi connectivity index (χ0v) is 19.8. The summed E-state index contributed by atoms with van der Waals surface area (Å²) < 4.78 is 16.2. The molecule has 180 valence electrons. The Bertz CT molecular complexity index is 1280. The van der Waals surface area contributed by atoms with Gasteiger partial charge < -0.3 is 15.5 Å². The van der Waals surface area contributed by atoms with E-state index in [2.05, 4.69) is 32.6 Å². The highest BCUT2D eigenvalue weighted by molar-refractivity contribution is 6.34. The number of halogens is 2. The number of piperidine rings is 1. The first kappa shape index (κ1) is 24.2. The van der Waals surface area contributed by atoms with Crippen molar-refractivity contribution in [3.05, 3.63) is 76.5 Å². The molecular weight excluding hydrogens is 471 g/mol. The molecule has 3 amide bonds. The normalized spacial score (nSPS) is 13.6. The van der Waals surface area contributed by atoms with E-state index < -0.39 is 11.7 Å².